The van der Waals surface area contributed by atoms with Gasteiger partial charge < -0.3 is 9.84 Å². The molecule has 2 fully saturated rings. The Balaban J connectivity index is 1.26. The number of aliphatic hydroxyl groups is 1. The largest absolute Gasteiger partial charge is 0.492 e. The summed E-state index contributed by atoms with van der Waals surface area (Å²) >= 11 is 6.09. The summed E-state index contributed by atoms with van der Waals surface area (Å²) in [6.45, 7) is 6.69. The number of piperidine rings is 1. The van der Waals surface area contributed by atoms with E-state index in [0.29, 0.717) is 12.5 Å². The molecule has 178 valence electrons. The monoisotopic (exact) mass is 470 g/mol. The third kappa shape index (κ3) is 5.53. The maximum atomic E-state index is 9.77. The normalized spacial score (nSPS) is 26.5. The minimum atomic E-state index is 0.250. The first kappa shape index (κ1) is 23.1. The van der Waals surface area contributed by atoms with Gasteiger partial charge in [-0.1, -0.05) is 36.2 Å². The van der Waals surface area contributed by atoms with Crippen molar-refractivity contribution in [2.24, 2.45) is 5.92 Å². The number of likely N-dealkylation sites (tertiary alicyclic amines) is 1. The summed E-state index contributed by atoms with van der Waals surface area (Å²) in [6.07, 6.45) is 3.53. The lowest BCUT2D eigenvalue weighted by Gasteiger charge is -2.34. The predicted molar refractivity (Wildman–Crippen MR) is 131 cm³/mol. The van der Waals surface area contributed by atoms with Gasteiger partial charge in [0.2, 0.25) is 0 Å². The van der Waals surface area contributed by atoms with Crippen LogP contribution in [0.4, 0.5) is 0 Å². The van der Waals surface area contributed by atoms with Crippen molar-refractivity contribution in [2.75, 3.05) is 39.4 Å². The Kier molecular flexibility index (Phi) is 7.50. The SMILES string of the molecule is OCC1CCCCN1Cc1ccc2c(c1)CN(CC1CNNC1c1ccc(Cl)cc1)CCO2. The second kappa shape index (κ2) is 10.7. The second-order valence-corrected chi connectivity index (χ2v) is 10.1. The lowest BCUT2D eigenvalue weighted by molar-refractivity contribution is 0.0841. The fourth-order valence-electron chi connectivity index (χ4n) is 5.53. The Morgan fingerprint density at radius 1 is 1.09 bits per heavy atom. The first-order chi connectivity index (χ1) is 16.2. The highest BCUT2D eigenvalue weighted by atomic mass is 35.5. The molecule has 0 saturated carbocycles. The van der Waals surface area contributed by atoms with Crippen LogP contribution in [0.15, 0.2) is 42.5 Å². The van der Waals surface area contributed by atoms with E-state index in [2.05, 4.69) is 51.0 Å². The Labute approximate surface area is 201 Å². The molecular weight excluding hydrogens is 436 g/mol. The fraction of sp³-hybridized carbons (Fsp3) is 0.538. The summed E-state index contributed by atoms with van der Waals surface area (Å²) in [4.78, 5) is 4.96. The molecule has 33 heavy (non-hydrogen) atoms. The zero-order valence-electron chi connectivity index (χ0n) is 19.2. The number of hydrazine groups is 1. The van der Waals surface area contributed by atoms with Crippen molar-refractivity contribution < 1.29 is 9.84 Å². The number of rotatable bonds is 6. The van der Waals surface area contributed by atoms with Crippen molar-refractivity contribution in [1.29, 1.82) is 0 Å². The van der Waals surface area contributed by atoms with E-state index in [1.165, 1.54) is 29.5 Å². The molecule has 3 aliphatic rings. The van der Waals surface area contributed by atoms with E-state index >= 15 is 0 Å². The van der Waals surface area contributed by atoms with Crippen LogP contribution < -0.4 is 15.6 Å². The molecule has 5 rings (SSSR count). The predicted octanol–water partition coefficient (Wildman–Crippen LogP) is 3.35. The summed E-state index contributed by atoms with van der Waals surface area (Å²) < 4.78 is 6.11. The minimum absolute atomic E-state index is 0.250. The summed E-state index contributed by atoms with van der Waals surface area (Å²) in [5, 5.41) is 10.5. The molecule has 0 radical (unpaired) electrons. The maximum absolute atomic E-state index is 9.77. The van der Waals surface area contributed by atoms with Crippen LogP contribution in [0.5, 0.6) is 5.75 Å². The summed E-state index contributed by atoms with van der Waals surface area (Å²) in [5.41, 5.74) is 10.7. The van der Waals surface area contributed by atoms with Crippen LogP contribution in [0.25, 0.3) is 0 Å². The van der Waals surface area contributed by atoms with Gasteiger partial charge in [0.05, 0.1) is 12.6 Å². The van der Waals surface area contributed by atoms with Crippen LogP contribution in [0.3, 0.4) is 0 Å². The number of halogens is 1. The van der Waals surface area contributed by atoms with Crippen molar-refractivity contribution in [1.82, 2.24) is 20.7 Å². The minimum Gasteiger partial charge on any atom is -0.492 e. The van der Waals surface area contributed by atoms with Gasteiger partial charge in [-0.3, -0.25) is 15.2 Å². The molecular formula is C26H35ClN4O2. The van der Waals surface area contributed by atoms with Gasteiger partial charge in [-0.15, -0.1) is 0 Å². The molecule has 0 bridgehead atoms. The van der Waals surface area contributed by atoms with Gasteiger partial charge in [-0.2, -0.15) is 0 Å². The standard InChI is InChI=1S/C26H35ClN4O2/c27-23-7-5-20(6-8-23)26-22(14-28-29-26)17-30-11-12-33-25-9-4-19(13-21(25)16-30)15-31-10-2-1-3-24(31)18-32/h4-9,13,22,24,26,28-29,32H,1-3,10-12,14-18H2. The van der Waals surface area contributed by atoms with E-state index in [4.69, 9.17) is 16.3 Å². The molecule has 3 atom stereocenters. The third-order valence-electron chi connectivity index (χ3n) is 7.34. The van der Waals surface area contributed by atoms with Gasteiger partial charge in [0.1, 0.15) is 12.4 Å². The van der Waals surface area contributed by atoms with E-state index in [-0.39, 0.29) is 18.7 Å². The molecule has 0 amide bonds. The van der Waals surface area contributed by atoms with Crippen LogP contribution in [0, 0.1) is 5.92 Å². The van der Waals surface area contributed by atoms with E-state index in [1.54, 1.807) is 0 Å². The molecule has 0 aliphatic carbocycles. The maximum Gasteiger partial charge on any atom is 0.123 e. The fourth-order valence-corrected chi connectivity index (χ4v) is 5.65. The molecule has 3 N–H and O–H groups in total. The van der Waals surface area contributed by atoms with Gasteiger partial charge in [0.25, 0.3) is 0 Å². The Hall–Kier alpha value is -1.67. The number of benzene rings is 2. The van der Waals surface area contributed by atoms with Crippen LogP contribution >= 0.6 is 11.6 Å². The number of fused-ring (bicyclic) bond motifs is 1. The number of nitrogens with zero attached hydrogens (tertiary/aromatic N) is 2. The van der Waals surface area contributed by atoms with E-state index in [0.717, 1.165) is 56.5 Å². The number of aliphatic hydroxyl groups excluding tert-OH is 1. The van der Waals surface area contributed by atoms with Crippen molar-refractivity contribution in [3.8, 4) is 5.75 Å². The summed E-state index contributed by atoms with van der Waals surface area (Å²) in [6, 6.07) is 15.4. The molecule has 3 unspecified atom stereocenters. The Bertz CT molecular complexity index is 925. The highest BCUT2D eigenvalue weighted by molar-refractivity contribution is 6.30. The Morgan fingerprint density at radius 2 is 1.97 bits per heavy atom. The molecule has 0 aromatic heterocycles. The quantitative estimate of drug-likeness (QED) is 0.602. The van der Waals surface area contributed by atoms with E-state index in [9.17, 15) is 5.11 Å². The van der Waals surface area contributed by atoms with Crippen LogP contribution in [0.1, 0.15) is 42.0 Å². The van der Waals surface area contributed by atoms with Gasteiger partial charge in [-0.25, -0.2) is 5.43 Å². The van der Waals surface area contributed by atoms with Crippen LogP contribution in [0.2, 0.25) is 5.02 Å². The molecule has 6 nitrogen and oxygen atoms in total. The van der Waals surface area contributed by atoms with Gasteiger partial charge in [0, 0.05) is 55.3 Å². The first-order valence-corrected chi connectivity index (χ1v) is 12.6. The average molecular weight is 471 g/mol. The smallest absolute Gasteiger partial charge is 0.123 e. The topological polar surface area (TPSA) is 60.0 Å². The molecule has 2 aromatic carbocycles. The number of hydrogen-bond acceptors (Lipinski definition) is 6. The highest BCUT2D eigenvalue weighted by Gasteiger charge is 2.31. The summed E-state index contributed by atoms with van der Waals surface area (Å²) in [7, 11) is 0. The van der Waals surface area contributed by atoms with Gasteiger partial charge in [-0.05, 0) is 54.8 Å². The average Bonchev–Trinajstić information content (AvgIpc) is 3.19. The molecule has 2 saturated heterocycles. The van der Waals surface area contributed by atoms with E-state index < -0.39 is 0 Å². The van der Waals surface area contributed by atoms with Crippen molar-refractivity contribution in [2.45, 2.75) is 44.4 Å². The zero-order valence-corrected chi connectivity index (χ0v) is 19.9. The van der Waals surface area contributed by atoms with Crippen LogP contribution in [-0.4, -0.2) is 60.3 Å². The number of hydrogen-bond donors (Lipinski definition) is 3. The molecule has 3 aliphatic heterocycles. The van der Waals surface area contributed by atoms with Crippen molar-refractivity contribution >= 4 is 11.6 Å². The summed E-state index contributed by atoms with van der Waals surface area (Å²) in [5.74, 6) is 1.48. The van der Waals surface area contributed by atoms with Crippen molar-refractivity contribution in [3.05, 3.63) is 64.2 Å². The lowest BCUT2D eigenvalue weighted by Crippen LogP contribution is -2.41. The van der Waals surface area contributed by atoms with Crippen LogP contribution in [-0.2, 0) is 13.1 Å². The van der Waals surface area contributed by atoms with Crippen molar-refractivity contribution in [3.63, 3.8) is 0 Å². The van der Waals surface area contributed by atoms with Gasteiger partial charge in [0.15, 0.2) is 0 Å². The van der Waals surface area contributed by atoms with E-state index in [1.807, 2.05) is 12.1 Å². The lowest BCUT2D eigenvalue weighted by atomic mass is 9.94. The third-order valence-corrected chi connectivity index (χ3v) is 7.60. The van der Waals surface area contributed by atoms with Gasteiger partial charge >= 0.3 is 0 Å². The highest BCUT2D eigenvalue weighted by Crippen LogP contribution is 2.30. The first-order valence-electron chi connectivity index (χ1n) is 12.3. The Morgan fingerprint density at radius 3 is 2.82 bits per heavy atom. The molecule has 3 heterocycles. The number of nitrogens with one attached hydrogen (secondary N) is 2. The molecule has 7 heteroatoms. The number of ether oxygens (including phenoxy) is 1. The zero-order chi connectivity index (χ0) is 22.6. The second-order valence-electron chi connectivity index (χ2n) is 9.64. The molecule has 0 spiro atoms. The molecule has 2 aromatic rings.